The number of thiophene rings is 1. The van der Waals surface area contributed by atoms with E-state index in [0.717, 1.165) is 0 Å². The molecule has 66 valence electrons. The van der Waals surface area contributed by atoms with E-state index in [1.165, 1.54) is 10.1 Å². The van der Waals surface area contributed by atoms with E-state index in [2.05, 4.69) is 35.7 Å². The first-order valence-electron chi connectivity index (χ1n) is 3.89. The Bertz CT molecular complexity index is 279. The van der Waals surface area contributed by atoms with Gasteiger partial charge in [0.2, 0.25) is 0 Å². The zero-order valence-electron chi connectivity index (χ0n) is 6.87. The molecule has 2 rings (SSSR count). The van der Waals surface area contributed by atoms with E-state index < -0.39 is 0 Å². The quantitative estimate of drug-likeness (QED) is 0.557. The molecule has 12 heavy (non-hydrogen) atoms. The Morgan fingerprint density at radius 3 is 2.33 bits per heavy atom. The zero-order valence-corrected chi connectivity index (χ0v) is 7.69. The maximum atomic E-state index is 2.14. The predicted octanol–water partition coefficient (Wildman–Crippen LogP) is 4.56. The monoisotopic (exact) mass is 180 g/mol. The standard InChI is InChI=1S/C8H6S.C2H6.CH4/c1-2-4-8-7(3-1)5-6-9-8;1-2;/h1-6H;1-2H3;1H4. The molecule has 0 unspecified atom stereocenters. The van der Waals surface area contributed by atoms with Crippen molar-refractivity contribution in [3.8, 4) is 0 Å². The Kier molecular flexibility index (Phi) is 5.39. The van der Waals surface area contributed by atoms with E-state index in [0.29, 0.717) is 0 Å². The Morgan fingerprint density at radius 1 is 1.00 bits per heavy atom. The Labute approximate surface area is 78.9 Å². The van der Waals surface area contributed by atoms with Crippen LogP contribution in [0.4, 0.5) is 0 Å². The van der Waals surface area contributed by atoms with Gasteiger partial charge >= 0.3 is 0 Å². The molecule has 0 radical (unpaired) electrons. The van der Waals surface area contributed by atoms with Crippen LogP contribution in [-0.2, 0) is 0 Å². The van der Waals surface area contributed by atoms with E-state index in [9.17, 15) is 0 Å². The van der Waals surface area contributed by atoms with Crippen molar-refractivity contribution in [3.05, 3.63) is 35.7 Å². The van der Waals surface area contributed by atoms with Crippen LogP contribution < -0.4 is 0 Å². The number of hydrogen-bond donors (Lipinski definition) is 0. The normalized spacial score (nSPS) is 8.17. The average Bonchev–Trinajstić information content (AvgIpc) is 2.55. The molecule has 0 bridgehead atoms. The number of hydrogen-bond acceptors (Lipinski definition) is 1. The molecule has 1 heterocycles. The molecular weight excluding hydrogens is 164 g/mol. The molecule has 1 aromatic carbocycles. The van der Waals surface area contributed by atoms with Crippen LogP contribution in [0, 0.1) is 0 Å². The number of rotatable bonds is 0. The van der Waals surface area contributed by atoms with E-state index in [1.54, 1.807) is 11.3 Å². The van der Waals surface area contributed by atoms with Crippen LogP contribution in [0.15, 0.2) is 35.7 Å². The SMILES string of the molecule is C.CC.c1ccc2sccc2c1. The lowest BCUT2D eigenvalue weighted by Gasteiger charge is -1.82. The summed E-state index contributed by atoms with van der Waals surface area (Å²) >= 11 is 1.79. The van der Waals surface area contributed by atoms with Gasteiger partial charge in [0.1, 0.15) is 0 Å². The van der Waals surface area contributed by atoms with Crippen molar-refractivity contribution in [2.24, 2.45) is 0 Å². The van der Waals surface area contributed by atoms with Gasteiger partial charge in [0.15, 0.2) is 0 Å². The van der Waals surface area contributed by atoms with Crippen molar-refractivity contribution >= 4 is 21.4 Å². The minimum absolute atomic E-state index is 0. The van der Waals surface area contributed by atoms with Crippen molar-refractivity contribution in [2.75, 3.05) is 0 Å². The van der Waals surface area contributed by atoms with Crippen molar-refractivity contribution < 1.29 is 0 Å². The van der Waals surface area contributed by atoms with Crippen LogP contribution in [0.3, 0.4) is 0 Å². The van der Waals surface area contributed by atoms with Gasteiger partial charge in [-0.2, -0.15) is 0 Å². The molecule has 2 aromatic rings. The molecule has 0 atom stereocenters. The summed E-state index contributed by atoms with van der Waals surface area (Å²) in [6, 6.07) is 10.5. The second-order valence-corrected chi connectivity index (χ2v) is 2.91. The third-order valence-corrected chi connectivity index (χ3v) is 2.26. The number of benzene rings is 1. The lowest BCUT2D eigenvalue weighted by Crippen LogP contribution is -1.56. The van der Waals surface area contributed by atoms with E-state index >= 15 is 0 Å². The summed E-state index contributed by atoms with van der Waals surface area (Å²) in [5.41, 5.74) is 0. The minimum atomic E-state index is 0. The molecule has 0 saturated carbocycles. The molecule has 0 nitrogen and oxygen atoms in total. The van der Waals surface area contributed by atoms with Crippen LogP contribution in [-0.4, -0.2) is 0 Å². The fourth-order valence-corrected chi connectivity index (χ4v) is 1.70. The molecule has 1 aromatic heterocycles. The van der Waals surface area contributed by atoms with Gasteiger partial charge in [-0.3, -0.25) is 0 Å². The highest BCUT2D eigenvalue weighted by Gasteiger charge is 1.87. The van der Waals surface area contributed by atoms with Gasteiger partial charge in [0.05, 0.1) is 0 Å². The molecule has 0 saturated heterocycles. The molecule has 0 aliphatic carbocycles. The zero-order chi connectivity index (χ0) is 8.10. The molecule has 0 aliphatic rings. The summed E-state index contributed by atoms with van der Waals surface area (Å²) in [4.78, 5) is 0. The maximum absolute atomic E-state index is 2.14. The Balaban J connectivity index is 0.000000378. The molecule has 1 heteroatoms. The lowest BCUT2D eigenvalue weighted by atomic mass is 10.3. The molecule has 0 aliphatic heterocycles. The molecule has 0 amide bonds. The number of fused-ring (bicyclic) bond motifs is 1. The van der Waals surface area contributed by atoms with Gasteiger partial charge in [-0.25, -0.2) is 0 Å². The topological polar surface area (TPSA) is 0 Å². The van der Waals surface area contributed by atoms with Gasteiger partial charge in [0, 0.05) is 4.70 Å². The van der Waals surface area contributed by atoms with Crippen LogP contribution in [0.1, 0.15) is 21.3 Å². The predicted molar refractivity (Wildman–Crippen MR) is 59.9 cm³/mol. The summed E-state index contributed by atoms with van der Waals surface area (Å²) in [5, 5.41) is 3.47. The third-order valence-electron chi connectivity index (χ3n) is 1.36. The summed E-state index contributed by atoms with van der Waals surface area (Å²) in [6.45, 7) is 4.00. The van der Waals surface area contributed by atoms with E-state index in [1.807, 2.05) is 13.8 Å². The van der Waals surface area contributed by atoms with Gasteiger partial charge in [-0.1, -0.05) is 39.5 Å². The summed E-state index contributed by atoms with van der Waals surface area (Å²) in [7, 11) is 0. The summed E-state index contributed by atoms with van der Waals surface area (Å²) in [6.07, 6.45) is 0. The Hall–Kier alpha value is -0.820. The van der Waals surface area contributed by atoms with Crippen LogP contribution >= 0.6 is 11.3 Å². The van der Waals surface area contributed by atoms with E-state index in [4.69, 9.17) is 0 Å². The van der Waals surface area contributed by atoms with Crippen molar-refractivity contribution in [1.29, 1.82) is 0 Å². The highest BCUT2D eigenvalue weighted by atomic mass is 32.1. The summed E-state index contributed by atoms with van der Waals surface area (Å²) < 4.78 is 1.37. The highest BCUT2D eigenvalue weighted by Crippen LogP contribution is 2.18. The molecule has 0 spiro atoms. The van der Waals surface area contributed by atoms with Gasteiger partial charge in [-0.05, 0) is 22.9 Å². The van der Waals surface area contributed by atoms with Crippen LogP contribution in [0.2, 0.25) is 0 Å². The molecular formula is C11H16S. The fraction of sp³-hybridized carbons (Fsp3) is 0.273. The largest absolute Gasteiger partial charge is 0.144 e. The maximum Gasteiger partial charge on any atom is 0.0342 e. The first-order chi connectivity index (χ1) is 5.47. The van der Waals surface area contributed by atoms with Crippen molar-refractivity contribution in [1.82, 2.24) is 0 Å². The van der Waals surface area contributed by atoms with E-state index in [-0.39, 0.29) is 7.43 Å². The van der Waals surface area contributed by atoms with Crippen LogP contribution in [0.5, 0.6) is 0 Å². The minimum Gasteiger partial charge on any atom is -0.144 e. The van der Waals surface area contributed by atoms with Gasteiger partial charge in [-0.15, -0.1) is 11.3 Å². The van der Waals surface area contributed by atoms with Gasteiger partial charge in [0.25, 0.3) is 0 Å². The van der Waals surface area contributed by atoms with Gasteiger partial charge < -0.3 is 0 Å². The highest BCUT2D eigenvalue weighted by molar-refractivity contribution is 7.17. The first-order valence-corrected chi connectivity index (χ1v) is 4.77. The average molecular weight is 180 g/mol. The second kappa shape index (κ2) is 5.78. The van der Waals surface area contributed by atoms with Crippen LogP contribution in [0.25, 0.3) is 10.1 Å². The Morgan fingerprint density at radius 2 is 1.67 bits per heavy atom. The molecule has 0 N–H and O–H groups in total. The third kappa shape index (κ3) is 2.35. The first kappa shape index (κ1) is 11.2. The smallest absolute Gasteiger partial charge is 0.0342 e. The van der Waals surface area contributed by atoms with Crippen molar-refractivity contribution in [3.63, 3.8) is 0 Å². The lowest BCUT2D eigenvalue weighted by molar-refractivity contribution is 1.50. The fourth-order valence-electron chi connectivity index (χ4n) is 0.906. The second-order valence-electron chi connectivity index (χ2n) is 1.96. The van der Waals surface area contributed by atoms with Crippen molar-refractivity contribution in [2.45, 2.75) is 21.3 Å². The molecule has 0 fully saturated rings. The summed E-state index contributed by atoms with van der Waals surface area (Å²) in [5.74, 6) is 0.